The lowest BCUT2D eigenvalue weighted by Gasteiger charge is -2.36. The van der Waals surface area contributed by atoms with Gasteiger partial charge >= 0.3 is 6.03 Å². The van der Waals surface area contributed by atoms with Crippen molar-refractivity contribution in [3.8, 4) is 11.5 Å². The Kier molecular flexibility index (Phi) is 6.77. The quantitative estimate of drug-likeness (QED) is 0.218. The summed E-state index contributed by atoms with van der Waals surface area (Å²) in [6.45, 7) is 2.44. The molecule has 1 saturated heterocycles. The Labute approximate surface area is 254 Å². The highest BCUT2D eigenvalue weighted by molar-refractivity contribution is 6.24. The number of H-pyrrole nitrogens is 1. The maximum Gasteiger partial charge on any atom is 0.332 e. The van der Waals surface area contributed by atoms with Gasteiger partial charge in [-0.25, -0.2) is 9.69 Å². The van der Waals surface area contributed by atoms with Crippen LogP contribution in [0.15, 0.2) is 97.1 Å². The number of urea groups is 1. The number of ether oxygens (including phenoxy) is 2. The van der Waals surface area contributed by atoms with Crippen LogP contribution in [0, 0.1) is 0 Å². The number of carbonyl (C=O) groups excluding carboxylic acids is 3. The molecule has 0 spiro atoms. The van der Waals surface area contributed by atoms with Gasteiger partial charge in [-0.15, -0.1) is 0 Å². The van der Waals surface area contributed by atoms with Crippen molar-refractivity contribution in [2.75, 3.05) is 23.9 Å². The number of anilines is 2. The summed E-state index contributed by atoms with van der Waals surface area (Å²) in [7, 11) is 1.60. The number of carbonyl (C=O) groups is 3. The fourth-order valence-corrected chi connectivity index (χ4v) is 6.29. The second-order valence-corrected chi connectivity index (χ2v) is 10.8. The summed E-state index contributed by atoms with van der Waals surface area (Å²) in [5.41, 5.74) is 4.69. The molecule has 220 valence electrons. The SMILES string of the molecule is CCOc1ccc(NC(=O)c2ccccc2N2C(=O)[C@@H]3Cc4c([nH]c5ccccc45)C(c4ccc(OC)cc4)N3C2=O)cc1. The third kappa shape index (κ3) is 4.44. The van der Waals surface area contributed by atoms with Gasteiger partial charge in [0.1, 0.15) is 23.6 Å². The van der Waals surface area contributed by atoms with Gasteiger partial charge in [-0.2, -0.15) is 0 Å². The van der Waals surface area contributed by atoms with Gasteiger partial charge in [0.2, 0.25) is 0 Å². The molecule has 4 aromatic carbocycles. The van der Waals surface area contributed by atoms with Crippen LogP contribution in [-0.2, 0) is 11.2 Å². The molecule has 1 unspecified atom stereocenters. The largest absolute Gasteiger partial charge is 0.497 e. The molecule has 1 aromatic heterocycles. The number of hydrogen-bond donors (Lipinski definition) is 2. The molecular weight excluding hydrogens is 556 g/mol. The van der Waals surface area contributed by atoms with Crippen LogP contribution in [0.2, 0.25) is 0 Å². The van der Waals surface area contributed by atoms with Crippen LogP contribution >= 0.6 is 0 Å². The predicted octanol–water partition coefficient (Wildman–Crippen LogP) is 6.31. The van der Waals surface area contributed by atoms with E-state index in [1.54, 1.807) is 60.5 Å². The van der Waals surface area contributed by atoms with Gasteiger partial charge in [-0.05, 0) is 72.6 Å². The van der Waals surface area contributed by atoms with Gasteiger partial charge < -0.3 is 19.8 Å². The van der Waals surface area contributed by atoms with E-state index in [-0.39, 0.29) is 17.2 Å². The Morgan fingerprint density at radius 3 is 2.36 bits per heavy atom. The maximum atomic E-state index is 14.4. The molecule has 1 fully saturated rings. The number of benzene rings is 4. The Hall–Kier alpha value is -5.57. The third-order valence-corrected chi connectivity index (χ3v) is 8.29. The third-order valence-electron chi connectivity index (χ3n) is 8.29. The molecular formula is C35H30N4O5. The van der Waals surface area contributed by atoms with Crippen molar-refractivity contribution in [1.29, 1.82) is 0 Å². The summed E-state index contributed by atoms with van der Waals surface area (Å²) < 4.78 is 10.9. The number of aromatic amines is 1. The lowest BCUT2D eigenvalue weighted by atomic mass is 9.89. The average Bonchev–Trinajstić information content (AvgIpc) is 3.55. The molecule has 2 aliphatic rings. The van der Waals surface area contributed by atoms with Gasteiger partial charge in [0.15, 0.2) is 0 Å². The van der Waals surface area contributed by atoms with Crippen molar-refractivity contribution in [2.24, 2.45) is 0 Å². The van der Waals surface area contributed by atoms with E-state index in [2.05, 4.69) is 10.3 Å². The zero-order chi connectivity index (χ0) is 30.4. The van der Waals surface area contributed by atoms with Crippen molar-refractivity contribution >= 4 is 40.1 Å². The average molecular weight is 587 g/mol. The molecule has 9 nitrogen and oxygen atoms in total. The fourth-order valence-electron chi connectivity index (χ4n) is 6.29. The van der Waals surface area contributed by atoms with E-state index in [0.717, 1.165) is 32.6 Å². The van der Waals surface area contributed by atoms with Gasteiger partial charge in [-0.1, -0.05) is 42.5 Å². The monoisotopic (exact) mass is 586 g/mol. The molecule has 7 rings (SSSR count). The number of para-hydroxylation sites is 2. The first-order valence-electron chi connectivity index (χ1n) is 14.5. The number of nitrogens with zero attached hydrogens (tertiary/aromatic N) is 2. The van der Waals surface area contributed by atoms with Crippen LogP contribution in [0.1, 0.15) is 40.1 Å². The zero-order valence-corrected chi connectivity index (χ0v) is 24.2. The fraction of sp³-hybridized carbons (Fsp3) is 0.171. The molecule has 2 aliphatic heterocycles. The summed E-state index contributed by atoms with van der Waals surface area (Å²) >= 11 is 0. The van der Waals surface area contributed by atoms with Crippen molar-refractivity contribution in [2.45, 2.75) is 25.4 Å². The van der Waals surface area contributed by atoms with Crippen molar-refractivity contribution in [3.63, 3.8) is 0 Å². The molecule has 0 radical (unpaired) electrons. The minimum absolute atomic E-state index is 0.216. The molecule has 4 amide bonds. The van der Waals surface area contributed by atoms with Gasteiger partial charge in [0.05, 0.1) is 25.0 Å². The molecule has 3 heterocycles. The van der Waals surface area contributed by atoms with E-state index < -0.39 is 24.0 Å². The van der Waals surface area contributed by atoms with E-state index >= 15 is 0 Å². The lowest BCUT2D eigenvalue weighted by Crippen LogP contribution is -2.44. The molecule has 44 heavy (non-hydrogen) atoms. The smallest absolute Gasteiger partial charge is 0.332 e. The molecule has 0 saturated carbocycles. The number of rotatable bonds is 7. The number of fused-ring (bicyclic) bond motifs is 4. The Balaban J connectivity index is 1.27. The van der Waals surface area contributed by atoms with E-state index in [9.17, 15) is 14.4 Å². The van der Waals surface area contributed by atoms with Crippen molar-refractivity contribution in [3.05, 3.63) is 119 Å². The van der Waals surface area contributed by atoms with Crippen LogP contribution in [0.25, 0.3) is 10.9 Å². The molecule has 5 aromatic rings. The Morgan fingerprint density at radius 2 is 1.61 bits per heavy atom. The predicted molar refractivity (Wildman–Crippen MR) is 167 cm³/mol. The summed E-state index contributed by atoms with van der Waals surface area (Å²) in [5, 5.41) is 3.91. The number of aromatic nitrogens is 1. The minimum Gasteiger partial charge on any atom is -0.497 e. The standard InChI is InChI=1S/C35H30N4O5/c1-3-44-24-18-14-22(15-19-24)36-33(40)26-9-5-7-11-29(26)39-34(41)30-20-27-25-8-4-6-10-28(25)37-31(27)32(38(30)35(39)42)21-12-16-23(43-2)17-13-21/h4-19,30,32,37H,3,20H2,1-2H3,(H,36,40)/t30-,32?/m0/s1. The highest BCUT2D eigenvalue weighted by Crippen LogP contribution is 2.45. The zero-order valence-electron chi connectivity index (χ0n) is 24.2. The van der Waals surface area contributed by atoms with Crippen LogP contribution in [0.5, 0.6) is 11.5 Å². The molecule has 0 bridgehead atoms. The van der Waals surface area contributed by atoms with Crippen LogP contribution in [-0.4, -0.2) is 47.5 Å². The van der Waals surface area contributed by atoms with Crippen LogP contribution in [0.4, 0.5) is 16.2 Å². The van der Waals surface area contributed by atoms with Crippen molar-refractivity contribution in [1.82, 2.24) is 9.88 Å². The summed E-state index contributed by atoms with van der Waals surface area (Å²) in [4.78, 5) is 48.4. The number of methoxy groups -OCH3 is 1. The molecule has 2 atom stereocenters. The van der Waals surface area contributed by atoms with E-state index in [1.165, 1.54) is 0 Å². The van der Waals surface area contributed by atoms with Crippen LogP contribution < -0.4 is 19.7 Å². The first-order valence-corrected chi connectivity index (χ1v) is 14.5. The van der Waals surface area contributed by atoms with E-state index in [0.29, 0.717) is 30.2 Å². The lowest BCUT2D eigenvalue weighted by molar-refractivity contribution is -0.120. The molecule has 9 heteroatoms. The van der Waals surface area contributed by atoms with E-state index in [4.69, 9.17) is 9.47 Å². The highest BCUT2D eigenvalue weighted by Gasteiger charge is 2.53. The highest BCUT2D eigenvalue weighted by atomic mass is 16.5. The summed E-state index contributed by atoms with van der Waals surface area (Å²) in [5.74, 6) is 0.583. The first-order chi connectivity index (χ1) is 21.5. The number of imide groups is 1. The number of hydrogen-bond acceptors (Lipinski definition) is 5. The van der Waals surface area contributed by atoms with E-state index in [1.807, 2.05) is 55.5 Å². The topological polar surface area (TPSA) is 104 Å². The second-order valence-electron chi connectivity index (χ2n) is 10.8. The maximum absolute atomic E-state index is 14.4. The first kappa shape index (κ1) is 27.3. The van der Waals surface area contributed by atoms with Gasteiger partial charge in [0, 0.05) is 28.7 Å². The van der Waals surface area contributed by atoms with Gasteiger partial charge in [0.25, 0.3) is 11.8 Å². The second kappa shape index (κ2) is 10.9. The summed E-state index contributed by atoms with van der Waals surface area (Å²) in [6.07, 6.45) is 0.355. The molecule has 2 N–H and O–H groups in total. The number of amides is 4. The molecule has 0 aliphatic carbocycles. The van der Waals surface area contributed by atoms with Crippen LogP contribution in [0.3, 0.4) is 0 Å². The summed E-state index contributed by atoms with van der Waals surface area (Å²) in [6, 6.07) is 27.4. The Morgan fingerprint density at radius 1 is 0.909 bits per heavy atom. The Bertz CT molecular complexity index is 1900. The minimum atomic E-state index is -0.747. The van der Waals surface area contributed by atoms with Gasteiger partial charge in [-0.3, -0.25) is 14.5 Å². The number of nitrogens with one attached hydrogen (secondary N) is 2. The van der Waals surface area contributed by atoms with Crippen molar-refractivity contribution < 1.29 is 23.9 Å². The normalized spacial score (nSPS) is 17.4.